The number of phosphoric ester groups is 1. The number of nitrogens with zero attached hydrogens (tertiary/aromatic N) is 4. The maximum atomic E-state index is 11.9. The van der Waals surface area contributed by atoms with Crippen molar-refractivity contribution in [1.82, 2.24) is 19.5 Å². The number of nitrogen functional groups attached to an aromatic ring is 1. The summed E-state index contributed by atoms with van der Waals surface area (Å²) in [7, 11) is -14.6. The molecule has 31 heavy (non-hydrogen) atoms. The van der Waals surface area contributed by atoms with Crippen molar-refractivity contribution in [2.75, 3.05) is 12.3 Å². The van der Waals surface area contributed by atoms with Crippen LogP contribution in [0.25, 0.3) is 11.2 Å². The Labute approximate surface area is 171 Å². The van der Waals surface area contributed by atoms with Crippen LogP contribution in [0.15, 0.2) is 12.7 Å². The molecule has 4 heterocycles. The number of rotatable bonds is 8. The number of aliphatic hydroxyl groups is 2. The van der Waals surface area contributed by atoms with Crippen LogP contribution in [0, 0.1) is 0 Å². The molecule has 2 fully saturated rings. The summed E-state index contributed by atoms with van der Waals surface area (Å²) in [5.41, 5.74) is 6.09. The van der Waals surface area contributed by atoms with Gasteiger partial charge in [0.05, 0.1) is 22.3 Å². The van der Waals surface area contributed by atoms with Crippen molar-refractivity contribution < 1.29 is 61.3 Å². The highest BCUT2D eigenvalue weighted by atomic mass is 31.3. The third-order valence-corrected chi connectivity index (χ3v) is 8.20. The molecule has 4 rings (SSSR count). The Bertz CT molecular complexity index is 1080. The van der Waals surface area contributed by atoms with Gasteiger partial charge in [0.1, 0.15) is 30.2 Å². The van der Waals surface area contributed by atoms with Gasteiger partial charge in [0.25, 0.3) is 0 Å². The number of hydrogen-bond acceptors (Lipinski definition) is 15. The molecule has 2 aromatic rings. The monoisotopic (exact) mass is 506 g/mol. The largest absolute Gasteiger partial charge is 0.652 e. The molecular weight excluding hydrogens is 491 g/mol. The fourth-order valence-electron chi connectivity index (χ4n) is 2.68. The summed E-state index contributed by atoms with van der Waals surface area (Å²) in [5, 5.41) is 20.5. The van der Waals surface area contributed by atoms with E-state index in [9.17, 15) is 29.1 Å². The summed E-state index contributed by atoms with van der Waals surface area (Å²) < 4.78 is 50.6. The summed E-state index contributed by atoms with van der Waals surface area (Å²) in [6.07, 6.45) is -3.40. The summed E-state index contributed by atoms with van der Waals surface area (Å²) in [6.45, 7) is -0.862. The number of aromatic nitrogens is 4. The molecular formula is C10H15N5O13P3+. The number of ether oxygens (including phenoxy) is 1. The van der Waals surface area contributed by atoms with Gasteiger partial charge in [0.15, 0.2) is 17.7 Å². The molecule has 2 aliphatic rings. The Morgan fingerprint density at radius 2 is 1.87 bits per heavy atom. The van der Waals surface area contributed by atoms with E-state index in [1.165, 1.54) is 10.9 Å². The number of fused-ring (bicyclic) bond motifs is 1. The lowest BCUT2D eigenvalue weighted by Crippen LogP contribution is -2.33. The summed E-state index contributed by atoms with van der Waals surface area (Å²) in [6, 6.07) is 0. The molecule has 172 valence electrons. The summed E-state index contributed by atoms with van der Waals surface area (Å²) in [5.74, 6) is 0.0693. The van der Waals surface area contributed by atoms with E-state index in [0.717, 1.165) is 6.33 Å². The molecule has 0 spiro atoms. The van der Waals surface area contributed by atoms with Gasteiger partial charge in [-0.05, 0) is 4.31 Å². The molecule has 0 aliphatic carbocycles. The lowest BCUT2D eigenvalue weighted by molar-refractivity contribution is -0.0503. The van der Waals surface area contributed by atoms with Crippen LogP contribution in [0.3, 0.4) is 0 Å². The number of hydrogen-bond donors (Lipinski definition) is 6. The van der Waals surface area contributed by atoms with E-state index in [0.29, 0.717) is 0 Å². The average Bonchev–Trinajstić information content (AvgIpc) is 3.09. The van der Waals surface area contributed by atoms with E-state index in [4.69, 9.17) is 15.4 Å². The fourth-order valence-corrected chi connectivity index (χ4v) is 6.12. The van der Waals surface area contributed by atoms with Gasteiger partial charge in [-0.25, -0.2) is 24.1 Å². The summed E-state index contributed by atoms with van der Waals surface area (Å²) >= 11 is 0. The van der Waals surface area contributed by atoms with E-state index in [2.05, 4.69) is 37.4 Å². The number of nitrogens with two attached hydrogens (primary N) is 1. The Hall–Kier alpha value is -1.20. The second kappa shape index (κ2) is 7.98. The van der Waals surface area contributed by atoms with Crippen LogP contribution in [-0.4, -0.2) is 69.3 Å². The van der Waals surface area contributed by atoms with E-state index in [-0.39, 0.29) is 17.0 Å². The zero-order valence-corrected chi connectivity index (χ0v) is 17.6. The molecule has 21 heteroatoms. The molecule has 2 aromatic heterocycles. The normalized spacial score (nSPS) is 31.4. The first-order valence-electron chi connectivity index (χ1n) is 8.07. The van der Waals surface area contributed by atoms with Crippen molar-refractivity contribution in [3.05, 3.63) is 12.7 Å². The van der Waals surface area contributed by atoms with Gasteiger partial charge < -0.3 is 25.6 Å². The van der Waals surface area contributed by atoms with Crippen LogP contribution in [0.2, 0.25) is 0 Å². The van der Waals surface area contributed by atoms with Crippen molar-refractivity contribution in [3.63, 3.8) is 0 Å². The number of phosphoric acid groups is 2. The Balaban J connectivity index is 1.42. The van der Waals surface area contributed by atoms with E-state index < -0.39 is 55.0 Å². The number of anilines is 1. The first-order chi connectivity index (χ1) is 14.4. The highest BCUT2D eigenvalue weighted by Gasteiger charge is 2.73. The average molecular weight is 506 g/mol. The van der Waals surface area contributed by atoms with Crippen LogP contribution in [0.1, 0.15) is 6.23 Å². The molecule has 7 N–H and O–H groups in total. The lowest BCUT2D eigenvalue weighted by Gasteiger charge is -2.17. The quantitative estimate of drug-likeness (QED) is 0.141. The van der Waals surface area contributed by atoms with Gasteiger partial charge in [-0.2, -0.15) is 9.20 Å². The highest BCUT2D eigenvalue weighted by Crippen LogP contribution is 2.81. The smallest absolute Gasteiger partial charge is 0.387 e. The molecule has 0 aromatic carbocycles. The molecule has 6 atom stereocenters. The lowest BCUT2D eigenvalue weighted by atomic mass is 10.1. The molecule has 2 unspecified atom stereocenters. The molecule has 18 nitrogen and oxygen atoms in total. The minimum Gasteiger partial charge on any atom is -0.387 e. The van der Waals surface area contributed by atoms with Gasteiger partial charge in [-0.15, -0.1) is 0 Å². The Morgan fingerprint density at radius 3 is 2.55 bits per heavy atom. The van der Waals surface area contributed by atoms with Crippen molar-refractivity contribution >= 4 is 40.8 Å². The van der Waals surface area contributed by atoms with E-state index in [1.807, 2.05) is 0 Å². The molecule has 0 radical (unpaired) electrons. The Kier molecular flexibility index (Phi) is 5.92. The van der Waals surface area contributed by atoms with Crippen molar-refractivity contribution in [3.8, 4) is 0 Å². The van der Waals surface area contributed by atoms with Gasteiger partial charge >= 0.3 is 23.8 Å². The topological polar surface area (TPSA) is 267 Å². The van der Waals surface area contributed by atoms with Crippen molar-refractivity contribution in [1.29, 1.82) is 0 Å². The first kappa shape index (κ1) is 23.0. The van der Waals surface area contributed by atoms with Gasteiger partial charge in [-0.1, -0.05) is 0 Å². The van der Waals surface area contributed by atoms with Gasteiger partial charge in [0.2, 0.25) is 0 Å². The first-order valence-corrected chi connectivity index (χ1v) is 12.6. The van der Waals surface area contributed by atoms with Crippen LogP contribution in [-0.2, 0) is 36.4 Å². The van der Waals surface area contributed by atoms with Crippen molar-refractivity contribution in [2.45, 2.75) is 24.5 Å². The number of imidazole rings is 1. The fraction of sp³-hybridized carbons (Fsp3) is 0.500. The standard InChI is InChI=1S/C10H14N5O13P3/c11-8-5-9(13-2-12-8)15(3-14-5)10-7(17)6(16)4(24-10)1-23-29(18,19)27-30(20,21)28-31(22)25-26-31/h2-4,6-7,10,16-17,22H,1H2,(H3-,11,12,13,18,19,20,21)/p+1/t4-,6-,7-,10-/m1/s1. The second-order valence-electron chi connectivity index (χ2n) is 6.14. The highest BCUT2D eigenvalue weighted by molar-refractivity contribution is 7.71. The number of aliphatic hydroxyl groups excluding tert-OH is 2. The van der Waals surface area contributed by atoms with Crippen LogP contribution >= 0.6 is 23.8 Å². The minimum atomic E-state index is -5.33. The van der Waals surface area contributed by atoms with Gasteiger partial charge in [0, 0.05) is 0 Å². The molecule has 2 aliphatic heterocycles. The third-order valence-electron chi connectivity index (χ3n) is 4.02. The van der Waals surface area contributed by atoms with E-state index in [1.54, 1.807) is 0 Å². The molecule has 0 amide bonds. The second-order valence-corrected chi connectivity index (χ2v) is 10.8. The predicted molar refractivity (Wildman–Crippen MR) is 94.7 cm³/mol. The van der Waals surface area contributed by atoms with Crippen LogP contribution in [0.5, 0.6) is 0 Å². The van der Waals surface area contributed by atoms with Crippen LogP contribution < -0.4 is 5.73 Å². The summed E-state index contributed by atoms with van der Waals surface area (Å²) in [4.78, 5) is 39.9. The zero-order chi connectivity index (χ0) is 22.6. The SMILES string of the molecule is Nc1ncnc2c1ncn2[C@@H]1O[C@H](COP(=O)(O)OP(=O)(O)O[P+]2(O)OO2)[C@@H](O)[C@H]1O. The Morgan fingerprint density at radius 1 is 1.16 bits per heavy atom. The maximum Gasteiger partial charge on any atom is 0.652 e. The third kappa shape index (κ3) is 4.93. The minimum absolute atomic E-state index is 0.0693. The molecule has 2 saturated heterocycles. The molecule has 0 saturated carbocycles. The predicted octanol–water partition coefficient (Wildman–Crippen LogP) is -1.09. The van der Waals surface area contributed by atoms with Crippen LogP contribution in [0.4, 0.5) is 5.82 Å². The molecule has 0 bridgehead atoms. The van der Waals surface area contributed by atoms with Gasteiger partial charge in [-0.3, -0.25) is 14.0 Å². The zero-order valence-electron chi connectivity index (χ0n) is 14.9. The van der Waals surface area contributed by atoms with Crippen molar-refractivity contribution in [2.24, 2.45) is 0 Å². The maximum absolute atomic E-state index is 11.9. The van der Waals surface area contributed by atoms with E-state index >= 15 is 0 Å².